The fraction of sp³-hybridized carbons (Fsp3) is 0.300. The first-order valence-electron chi connectivity index (χ1n) is 4.51. The highest BCUT2D eigenvalue weighted by Crippen LogP contribution is 2.48. The van der Waals surface area contributed by atoms with Gasteiger partial charge in [-0.3, -0.25) is 0 Å². The molecule has 0 radical (unpaired) electrons. The third-order valence-corrected chi connectivity index (χ3v) is 2.44. The van der Waals surface area contributed by atoms with Gasteiger partial charge in [-0.25, -0.2) is 4.79 Å². The molecule has 7 heteroatoms. The van der Waals surface area contributed by atoms with Crippen molar-refractivity contribution in [1.82, 2.24) is 0 Å². The second-order valence-electron chi connectivity index (χ2n) is 3.41. The van der Waals surface area contributed by atoms with Crippen LogP contribution in [0.5, 0.6) is 5.75 Å². The minimum absolute atomic E-state index is 0.0762. The Hall–Kier alpha value is -1.76. The number of aliphatic hydroxyl groups is 1. The lowest BCUT2D eigenvalue weighted by Gasteiger charge is -2.24. The largest absolute Gasteiger partial charge is 0.496 e. The lowest BCUT2D eigenvalue weighted by atomic mass is 10.0. The number of halogens is 3. The number of fused-ring (bicyclic) bond motifs is 1. The van der Waals surface area contributed by atoms with Crippen LogP contribution in [-0.4, -0.2) is 24.4 Å². The molecule has 1 aromatic carbocycles. The SMILES string of the molecule is COc1cccc2c1C(=O)OC2(O)C(F)(F)F. The predicted octanol–water partition coefficient (Wildman–Crippen LogP) is 1.57. The number of hydrogen-bond acceptors (Lipinski definition) is 4. The summed E-state index contributed by atoms with van der Waals surface area (Å²) in [5.74, 6) is -4.95. The van der Waals surface area contributed by atoms with Gasteiger partial charge in [-0.05, 0) is 6.07 Å². The second-order valence-corrected chi connectivity index (χ2v) is 3.41. The lowest BCUT2D eigenvalue weighted by molar-refractivity contribution is -0.349. The number of methoxy groups -OCH3 is 1. The fourth-order valence-corrected chi connectivity index (χ4v) is 1.64. The monoisotopic (exact) mass is 248 g/mol. The Labute approximate surface area is 93.6 Å². The molecule has 0 aliphatic carbocycles. The smallest absolute Gasteiger partial charge is 0.460 e. The Morgan fingerprint density at radius 1 is 1.41 bits per heavy atom. The van der Waals surface area contributed by atoms with Crippen LogP contribution in [0, 0.1) is 0 Å². The molecule has 17 heavy (non-hydrogen) atoms. The maximum absolute atomic E-state index is 12.7. The molecule has 1 N–H and O–H groups in total. The first kappa shape index (κ1) is 11.7. The summed E-state index contributed by atoms with van der Waals surface area (Å²) >= 11 is 0. The number of esters is 1. The maximum Gasteiger partial charge on any atom is 0.460 e. The zero-order valence-electron chi connectivity index (χ0n) is 8.54. The van der Waals surface area contributed by atoms with E-state index in [0.29, 0.717) is 0 Å². The zero-order valence-corrected chi connectivity index (χ0v) is 8.54. The van der Waals surface area contributed by atoms with Gasteiger partial charge in [-0.1, -0.05) is 12.1 Å². The minimum Gasteiger partial charge on any atom is -0.496 e. The Morgan fingerprint density at radius 3 is 2.59 bits per heavy atom. The standard InChI is InChI=1S/C10H7F3O4/c1-16-6-4-2-3-5-7(6)8(14)17-9(5,15)10(11,12)13/h2-4,15H,1H3. The highest BCUT2D eigenvalue weighted by Gasteiger charge is 2.64. The summed E-state index contributed by atoms with van der Waals surface area (Å²) in [4.78, 5) is 11.3. The molecule has 0 spiro atoms. The van der Waals surface area contributed by atoms with Gasteiger partial charge in [-0.2, -0.15) is 13.2 Å². The molecule has 2 rings (SSSR count). The van der Waals surface area contributed by atoms with E-state index in [0.717, 1.165) is 6.07 Å². The summed E-state index contributed by atoms with van der Waals surface area (Å²) in [6.45, 7) is 0. The van der Waals surface area contributed by atoms with Crippen LogP contribution in [0.25, 0.3) is 0 Å². The predicted molar refractivity (Wildman–Crippen MR) is 48.4 cm³/mol. The number of ether oxygens (including phenoxy) is 2. The number of benzene rings is 1. The van der Waals surface area contributed by atoms with Crippen molar-refractivity contribution in [1.29, 1.82) is 0 Å². The number of carbonyl (C=O) groups is 1. The van der Waals surface area contributed by atoms with E-state index in [4.69, 9.17) is 4.74 Å². The minimum atomic E-state index is -5.11. The fourth-order valence-electron chi connectivity index (χ4n) is 1.64. The van der Waals surface area contributed by atoms with Gasteiger partial charge in [0.1, 0.15) is 11.3 Å². The average molecular weight is 248 g/mol. The van der Waals surface area contributed by atoms with E-state index in [1.54, 1.807) is 0 Å². The Balaban J connectivity index is 2.68. The first-order chi connectivity index (χ1) is 7.81. The van der Waals surface area contributed by atoms with Crippen molar-refractivity contribution in [3.8, 4) is 5.75 Å². The van der Waals surface area contributed by atoms with E-state index in [-0.39, 0.29) is 5.75 Å². The third kappa shape index (κ3) is 1.46. The molecule has 0 bridgehead atoms. The summed E-state index contributed by atoms with van der Waals surface area (Å²) in [7, 11) is 1.20. The molecule has 0 amide bonds. The molecule has 0 aromatic heterocycles. The van der Waals surface area contributed by atoms with E-state index >= 15 is 0 Å². The molecule has 0 saturated heterocycles. The summed E-state index contributed by atoms with van der Waals surface area (Å²) in [6.07, 6.45) is -5.11. The van der Waals surface area contributed by atoms with Crippen LogP contribution in [0.3, 0.4) is 0 Å². The topological polar surface area (TPSA) is 55.8 Å². The van der Waals surface area contributed by atoms with Gasteiger partial charge in [0.15, 0.2) is 0 Å². The molecule has 1 unspecified atom stereocenters. The summed E-state index contributed by atoms with van der Waals surface area (Å²) in [6, 6.07) is 3.51. The Morgan fingerprint density at radius 2 is 2.06 bits per heavy atom. The molecule has 0 saturated carbocycles. The lowest BCUT2D eigenvalue weighted by Crippen LogP contribution is -2.42. The zero-order chi connectivity index (χ0) is 12.8. The van der Waals surface area contributed by atoms with Crippen LogP contribution in [-0.2, 0) is 10.5 Å². The quantitative estimate of drug-likeness (QED) is 0.766. The number of rotatable bonds is 1. The van der Waals surface area contributed by atoms with Crippen molar-refractivity contribution < 1.29 is 32.5 Å². The highest BCUT2D eigenvalue weighted by atomic mass is 19.4. The summed E-state index contributed by atoms with van der Waals surface area (Å²) < 4.78 is 46.8. The molecule has 4 nitrogen and oxygen atoms in total. The third-order valence-electron chi connectivity index (χ3n) is 2.44. The summed E-state index contributed by atoms with van der Waals surface area (Å²) in [5, 5.41) is 9.45. The van der Waals surface area contributed by atoms with E-state index in [2.05, 4.69) is 4.74 Å². The molecule has 1 heterocycles. The van der Waals surface area contributed by atoms with Crippen molar-refractivity contribution in [2.24, 2.45) is 0 Å². The van der Waals surface area contributed by atoms with Crippen molar-refractivity contribution in [3.63, 3.8) is 0 Å². The van der Waals surface area contributed by atoms with Crippen LogP contribution < -0.4 is 4.74 Å². The number of hydrogen-bond donors (Lipinski definition) is 1. The number of carbonyl (C=O) groups excluding carboxylic acids is 1. The van der Waals surface area contributed by atoms with E-state index < -0.39 is 29.1 Å². The average Bonchev–Trinajstić information content (AvgIpc) is 2.52. The van der Waals surface area contributed by atoms with Crippen LogP contribution in [0.2, 0.25) is 0 Å². The number of alkyl halides is 3. The van der Waals surface area contributed by atoms with Gasteiger partial charge in [0, 0.05) is 0 Å². The van der Waals surface area contributed by atoms with Crippen LogP contribution in [0.1, 0.15) is 15.9 Å². The molecule has 1 atom stereocenters. The number of cyclic esters (lactones) is 1. The van der Waals surface area contributed by atoms with Gasteiger partial charge >= 0.3 is 17.9 Å². The summed E-state index contributed by atoms with van der Waals surface area (Å²) in [5.41, 5.74) is -1.07. The van der Waals surface area contributed by atoms with Gasteiger partial charge in [0.05, 0.1) is 12.7 Å². The molecule has 92 valence electrons. The van der Waals surface area contributed by atoms with Gasteiger partial charge in [0.25, 0.3) is 0 Å². The van der Waals surface area contributed by atoms with Crippen molar-refractivity contribution in [2.75, 3.05) is 7.11 Å². The van der Waals surface area contributed by atoms with E-state index in [9.17, 15) is 23.1 Å². The molecule has 1 aromatic rings. The molecule has 0 fully saturated rings. The van der Waals surface area contributed by atoms with Gasteiger partial charge in [-0.15, -0.1) is 0 Å². The van der Waals surface area contributed by atoms with Crippen molar-refractivity contribution in [3.05, 3.63) is 29.3 Å². The first-order valence-corrected chi connectivity index (χ1v) is 4.51. The highest BCUT2D eigenvalue weighted by molar-refractivity contribution is 5.97. The normalized spacial score (nSPS) is 23.2. The van der Waals surface area contributed by atoms with Crippen molar-refractivity contribution >= 4 is 5.97 Å². The molecule has 1 aliphatic heterocycles. The Bertz CT molecular complexity index is 483. The van der Waals surface area contributed by atoms with Crippen LogP contribution in [0.4, 0.5) is 13.2 Å². The van der Waals surface area contributed by atoms with Crippen LogP contribution >= 0.6 is 0 Å². The van der Waals surface area contributed by atoms with Crippen LogP contribution in [0.15, 0.2) is 18.2 Å². The second kappa shape index (κ2) is 3.36. The van der Waals surface area contributed by atoms with E-state index in [1.165, 1.54) is 19.2 Å². The van der Waals surface area contributed by atoms with Crippen molar-refractivity contribution in [2.45, 2.75) is 12.0 Å². The molecular formula is C10H7F3O4. The van der Waals surface area contributed by atoms with Gasteiger partial charge in [0.2, 0.25) is 0 Å². The van der Waals surface area contributed by atoms with Gasteiger partial charge < -0.3 is 14.6 Å². The Kier molecular flexibility index (Phi) is 2.32. The molecular weight excluding hydrogens is 241 g/mol. The van der Waals surface area contributed by atoms with E-state index in [1.807, 2.05) is 0 Å². The maximum atomic E-state index is 12.7. The molecule has 1 aliphatic rings.